The molecular weight excluding hydrogens is 326 g/mol. The normalized spacial score (nSPS) is 10.6. The Bertz CT molecular complexity index is 393. The number of hydrogen-bond acceptors (Lipinski definition) is 3. The molecule has 0 fully saturated rings. The van der Waals surface area contributed by atoms with Crippen molar-refractivity contribution in [1.82, 2.24) is 0 Å². The number of anilines is 1. The van der Waals surface area contributed by atoms with Gasteiger partial charge in [0.05, 0.1) is 12.8 Å². The molecule has 1 rings (SSSR count). The van der Waals surface area contributed by atoms with Crippen LogP contribution in [0.3, 0.4) is 0 Å². The van der Waals surface area contributed by atoms with Gasteiger partial charge in [-0.15, -0.1) is 0 Å². The molecule has 1 aromatic carbocycles. The fraction of sp³-hybridized carbons (Fsp3) is 0.100. The highest BCUT2D eigenvalue weighted by molar-refractivity contribution is 9.11. The number of carbonyl (C=O) groups is 1. The fourth-order valence-electron chi connectivity index (χ4n) is 0.932. The van der Waals surface area contributed by atoms with Crippen LogP contribution in [0.5, 0.6) is 0 Å². The van der Waals surface area contributed by atoms with Crippen molar-refractivity contribution in [3.05, 3.63) is 32.7 Å². The Morgan fingerprint density at radius 3 is 2.40 bits per heavy atom. The van der Waals surface area contributed by atoms with Crippen molar-refractivity contribution >= 4 is 49.6 Å². The van der Waals surface area contributed by atoms with Gasteiger partial charge in [-0.1, -0.05) is 0 Å². The van der Waals surface area contributed by atoms with Crippen molar-refractivity contribution in [2.45, 2.75) is 0 Å². The van der Waals surface area contributed by atoms with Gasteiger partial charge in [-0.05, 0) is 55.6 Å². The molecule has 0 saturated carbocycles. The Hall–Kier alpha value is -0.810. The van der Waals surface area contributed by atoms with Crippen molar-refractivity contribution in [3.8, 4) is 0 Å². The Morgan fingerprint density at radius 2 is 1.93 bits per heavy atom. The van der Waals surface area contributed by atoms with Crippen LogP contribution >= 0.6 is 31.9 Å². The molecule has 0 aromatic heterocycles. The highest BCUT2D eigenvalue weighted by Crippen LogP contribution is 2.29. The summed E-state index contributed by atoms with van der Waals surface area (Å²) in [5, 5.41) is 0. The molecule has 80 valence electrons. The van der Waals surface area contributed by atoms with E-state index in [1.807, 2.05) is 12.1 Å². The van der Waals surface area contributed by atoms with Gasteiger partial charge in [0.2, 0.25) is 0 Å². The van der Waals surface area contributed by atoms with Gasteiger partial charge in [0.1, 0.15) is 0 Å². The van der Waals surface area contributed by atoms with E-state index in [-0.39, 0.29) is 5.97 Å². The second kappa shape index (κ2) is 5.32. The van der Waals surface area contributed by atoms with Gasteiger partial charge in [-0.25, -0.2) is 4.79 Å². The van der Waals surface area contributed by atoms with Crippen molar-refractivity contribution < 1.29 is 9.53 Å². The lowest BCUT2D eigenvalue weighted by atomic mass is 10.2. The standard InChI is InChI=1S/C10H9Br2NO2/c1-15-9(14)3-2-6-4-7(11)10(13)8(12)5-6/h2-5H,13H2,1H3. The minimum atomic E-state index is -0.390. The number of esters is 1. The van der Waals surface area contributed by atoms with Crippen molar-refractivity contribution in [3.63, 3.8) is 0 Å². The first-order valence-corrected chi connectivity index (χ1v) is 5.63. The predicted molar refractivity (Wildman–Crippen MR) is 67.3 cm³/mol. The third-order valence-corrected chi connectivity index (χ3v) is 3.03. The lowest BCUT2D eigenvalue weighted by Crippen LogP contribution is -1.93. The van der Waals surface area contributed by atoms with Crippen LogP contribution in [0.1, 0.15) is 5.56 Å². The van der Waals surface area contributed by atoms with Gasteiger partial charge >= 0.3 is 5.97 Å². The van der Waals surface area contributed by atoms with E-state index in [0.717, 1.165) is 14.5 Å². The first-order chi connectivity index (χ1) is 7.04. The van der Waals surface area contributed by atoms with E-state index in [4.69, 9.17) is 5.73 Å². The van der Waals surface area contributed by atoms with Crippen LogP contribution in [0.4, 0.5) is 5.69 Å². The molecule has 0 amide bonds. The van der Waals surface area contributed by atoms with Crippen LogP contribution in [0, 0.1) is 0 Å². The number of nitrogen functional groups attached to an aromatic ring is 1. The molecule has 0 aliphatic rings. The minimum absolute atomic E-state index is 0.390. The van der Waals surface area contributed by atoms with Gasteiger partial charge in [-0.2, -0.15) is 0 Å². The second-order valence-electron chi connectivity index (χ2n) is 2.75. The summed E-state index contributed by atoms with van der Waals surface area (Å²) in [6.45, 7) is 0. The zero-order chi connectivity index (χ0) is 11.4. The fourth-order valence-corrected chi connectivity index (χ4v) is 2.15. The molecule has 0 spiro atoms. The summed E-state index contributed by atoms with van der Waals surface area (Å²) in [6, 6.07) is 3.64. The number of rotatable bonds is 2. The lowest BCUT2D eigenvalue weighted by molar-refractivity contribution is -0.134. The number of methoxy groups -OCH3 is 1. The highest BCUT2D eigenvalue weighted by atomic mass is 79.9. The summed E-state index contributed by atoms with van der Waals surface area (Å²) >= 11 is 6.63. The first kappa shape index (κ1) is 12.3. The van der Waals surface area contributed by atoms with Crippen LogP contribution in [0.15, 0.2) is 27.2 Å². The van der Waals surface area contributed by atoms with E-state index in [2.05, 4.69) is 36.6 Å². The van der Waals surface area contributed by atoms with E-state index in [9.17, 15) is 4.79 Å². The third-order valence-electron chi connectivity index (χ3n) is 1.71. The molecule has 0 aliphatic heterocycles. The summed E-state index contributed by atoms with van der Waals surface area (Å²) in [4.78, 5) is 10.9. The van der Waals surface area contributed by atoms with Gasteiger partial charge in [-0.3, -0.25) is 0 Å². The van der Waals surface area contributed by atoms with E-state index >= 15 is 0 Å². The van der Waals surface area contributed by atoms with E-state index in [1.165, 1.54) is 13.2 Å². The maximum absolute atomic E-state index is 10.9. The summed E-state index contributed by atoms with van der Waals surface area (Å²) in [5.41, 5.74) is 7.21. The van der Waals surface area contributed by atoms with Crippen LogP contribution in [-0.4, -0.2) is 13.1 Å². The van der Waals surface area contributed by atoms with E-state index < -0.39 is 0 Å². The van der Waals surface area contributed by atoms with Gasteiger partial charge < -0.3 is 10.5 Å². The molecule has 0 radical (unpaired) electrons. The number of carbonyl (C=O) groups excluding carboxylic acids is 1. The number of benzene rings is 1. The summed E-state index contributed by atoms with van der Waals surface area (Å²) in [7, 11) is 1.33. The molecule has 2 N–H and O–H groups in total. The minimum Gasteiger partial charge on any atom is -0.466 e. The zero-order valence-corrected chi connectivity index (χ0v) is 11.1. The van der Waals surface area contributed by atoms with Crippen molar-refractivity contribution in [2.24, 2.45) is 0 Å². The van der Waals surface area contributed by atoms with E-state index in [0.29, 0.717) is 5.69 Å². The van der Waals surface area contributed by atoms with Gasteiger partial charge in [0.15, 0.2) is 0 Å². The molecule has 0 bridgehead atoms. The van der Waals surface area contributed by atoms with Gasteiger partial charge in [0.25, 0.3) is 0 Å². The number of halogens is 2. The Morgan fingerprint density at radius 1 is 1.40 bits per heavy atom. The Kier molecular flexibility index (Phi) is 4.35. The average molecular weight is 335 g/mol. The van der Waals surface area contributed by atoms with Crippen LogP contribution in [0.25, 0.3) is 6.08 Å². The van der Waals surface area contributed by atoms with Crippen LogP contribution in [0.2, 0.25) is 0 Å². The molecule has 0 aliphatic carbocycles. The predicted octanol–water partition coefficient (Wildman–Crippen LogP) is 2.98. The molecule has 0 atom stereocenters. The smallest absolute Gasteiger partial charge is 0.330 e. The topological polar surface area (TPSA) is 52.3 Å². The number of nitrogens with two attached hydrogens (primary N) is 1. The van der Waals surface area contributed by atoms with E-state index in [1.54, 1.807) is 6.08 Å². The Balaban J connectivity index is 2.97. The van der Waals surface area contributed by atoms with Crippen LogP contribution < -0.4 is 5.73 Å². The van der Waals surface area contributed by atoms with Crippen LogP contribution in [-0.2, 0) is 9.53 Å². The summed E-state index contributed by atoms with van der Waals surface area (Å²) < 4.78 is 6.04. The molecule has 5 heteroatoms. The Labute approximate surface area is 105 Å². The van der Waals surface area contributed by atoms with Crippen molar-refractivity contribution in [2.75, 3.05) is 12.8 Å². The monoisotopic (exact) mass is 333 g/mol. The summed E-state index contributed by atoms with van der Waals surface area (Å²) in [5.74, 6) is -0.390. The maximum Gasteiger partial charge on any atom is 0.330 e. The largest absolute Gasteiger partial charge is 0.466 e. The van der Waals surface area contributed by atoms with Gasteiger partial charge in [0, 0.05) is 15.0 Å². The third kappa shape index (κ3) is 3.35. The average Bonchev–Trinajstić information content (AvgIpc) is 2.22. The molecule has 0 unspecified atom stereocenters. The molecule has 0 saturated heterocycles. The van der Waals surface area contributed by atoms with Crippen molar-refractivity contribution in [1.29, 1.82) is 0 Å². The molecule has 15 heavy (non-hydrogen) atoms. The first-order valence-electron chi connectivity index (χ1n) is 4.05. The second-order valence-corrected chi connectivity index (χ2v) is 4.46. The number of hydrogen-bond donors (Lipinski definition) is 1. The highest BCUT2D eigenvalue weighted by Gasteiger charge is 2.02. The molecule has 0 heterocycles. The number of ether oxygens (including phenoxy) is 1. The quantitative estimate of drug-likeness (QED) is 0.514. The molecule has 3 nitrogen and oxygen atoms in total. The summed E-state index contributed by atoms with van der Waals surface area (Å²) in [6.07, 6.45) is 3.01. The maximum atomic E-state index is 10.9. The molecule has 1 aromatic rings. The SMILES string of the molecule is COC(=O)C=Cc1cc(Br)c(N)c(Br)c1. The lowest BCUT2D eigenvalue weighted by Gasteiger charge is -2.03. The zero-order valence-electron chi connectivity index (χ0n) is 7.96. The molecular formula is C10H9Br2NO2.